The molecule has 0 saturated heterocycles. The highest BCUT2D eigenvalue weighted by Crippen LogP contribution is 2.31. The quantitative estimate of drug-likeness (QED) is 0.679. The highest BCUT2D eigenvalue weighted by molar-refractivity contribution is 6.30. The molecular weight excluding hydrogens is 404 g/mol. The third-order valence-electron chi connectivity index (χ3n) is 5.21. The lowest BCUT2D eigenvalue weighted by molar-refractivity contribution is -0.123. The molecule has 0 saturated carbocycles. The van der Waals surface area contributed by atoms with Gasteiger partial charge in [0.25, 0.3) is 5.91 Å². The zero-order valence-corrected chi connectivity index (χ0v) is 17.4. The number of carbonyl (C=O) groups is 2. The van der Waals surface area contributed by atoms with Crippen molar-refractivity contribution in [2.75, 3.05) is 20.7 Å². The van der Waals surface area contributed by atoms with Gasteiger partial charge in [0.15, 0.2) is 0 Å². The second kappa shape index (κ2) is 8.28. The summed E-state index contributed by atoms with van der Waals surface area (Å²) in [6.07, 6.45) is 2.31. The van der Waals surface area contributed by atoms with Crippen LogP contribution in [0.4, 0.5) is 0 Å². The third kappa shape index (κ3) is 4.07. The molecule has 8 heteroatoms. The minimum absolute atomic E-state index is 0.0302. The van der Waals surface area contributed by atoms with Crippen LogP contribution < -0.4 is 4.74 Å². The van der Waals surface area contributed by atoms with E-state index in [1.54, 1.807) is 32.4 Å². The Bertz CT molecular complexity index is 1100. The first-order chi connectivity index (χ1) is 14.4. The van der Waals surface area contributed by atoms with Crippen molar-refractivity contribution in [3.63, 3.8) is 0 Å². The summed E-state index contributed by atoms with van der Waals surface area (Å²) in [7, 11) is 3.37. The average Bonchev–Trinajstić information content (AvgIpc) is 3.27. The van der Waals surface area contributed by atoms with E-state index in [4.69, 9.17) is 16.3 Å². The molecule has 7 nitrogen and oxygen atoms in total. The molecular formula is C22H21ClN4O3. The van der Waals surface area contributed by atoms with Crippen molar-refractivity contribution in [1.29, 1.82) is 0 Å². The Morgan fingerprint density at radius 1 is 1.23 bits per heavy atom. The zero-order chi connectivity index (χ0) is 21.3. The number of nitrogens with one attached hydrogen (secondary N) is 1. The lowest BCUT2D eigenvalue weighted by Gasteiger charge is -2.25. The van der Waals surface area contributed by atoms with Crippen molar-refractivity contribution in [2.45, 2.75) is 12.8 Å². The Labute approximate surface area is 179 Å². The molecule has 1 amide bonds. The fourth-order valence-electron chi connectivity index (χ4n) is 3.57. The predicted octanol–water partition coefficient (Wildman–Crippen LogP) is 3.19. The Kier molecular flexibility index (Phi) is 5.55. The number of nitrogens with zero attached hydrogens (tertiary/aromatic N) is 3. The molecule has 1 unspecified atom stereocenters. The molecule has 1 atom stereocenters. The van der Waals surface area contributed by atoms with Crippen molar-refractivity contribution >= 4 is 23.3 Å². The summed E-state index contributed by atoms with van der Waals surface area (Å²) in [6, 6.07) is 10.9. The van der Waals surface area contributed by atoms with Gasteiger partial charge >= 0.3 is 0 Å². The highest BCUT2D eigenvalue weighted by Gasteiger charge is 2.27. The van der Waals surface area contributed by atoms with Gasteiger partial charge in [-0.1, -0.05) is 23.7 Å². The number of ether oxygens (including phenoxy) is 1. The molecule has 30 heavy (non-hydrogen) atoms. The number of Topliss-reactive ketones (excluding diaryl/α,β-unsaturated/α-hetero) is 1. The van der Waals surface area contributed by atoms with E-state index in [1.165, 1.54) is 4.90 Å². The molecule has 1 N–H and O–H groups in total. The summed E-state index contributed by atoms with van der Waals surface area (Å²) < 4.78 is 5.76. The summed E-state index contributed by atoms with van der Waals surface area (Å²) in [6.45, 7) is 0.321. The number of fused-ring (bicyclic) bond motifs is 1. The van der Waals surface area contributed by atoms with Crippen LogP contribution in [0.5, 0.6) is 5.75 Å². The number of benzene rings is 2. The van der Waals surface area contributed by atoms with Gasteiger partial charge in [-0.15, -0.1) is 0 Å². The summed E-state index contributed by atoms with van der Waals surface area (Å²) in [5.41, 5.74) is 3.49. The van der Waals surface area contributed by atoms with Crippen LogP contribution in [-0.4, -0.2) is 52.7 Å². The number of carbonyl (C=O) groups excluding carboxylic acids is 2. The van der Waals surface area contributed by atoms with Crippen LogP contribution in [0.25, 0.3) is 11.3 Å². The zero-order valence-electron chi connectivity index (χ0n) is 16.7. The van der Waals surface area contributed by atoms with Crippen molar-refractivity contribution < 1.29 is 14.3 Å². The second-order valence-corrected chi connectivity index (χ2v) is 7.97. The van der Waals surface area contributed by atoms with Crippen molar-refractivity contribution in [2.24, 2.45) is 5.92 Å². The normalized spacial score (nSPS) is 15.2. The van der Waals surface area contributed by atoms with Gasteiger partial charge in [0.2, 0.25) is 0 Å². The average molecular weight is 425 g/mol. The standard InChI is InChI=1S/C22H21ClN4O3/c1-27(2)22(29)18-9-14(19-11-24-26-25-19)4-3-13(18)10-20(28)16-7-15-8-17(23)5-6-21(15)30-12-16/h3-6,8-9,11,16H,7,10,12H2,1-2H3,(H,24,25,26). The van der Waals surface area contributed by atoms with Gasteiger partial charge in [-0.25, -0.2) is 0 Å². The summed E-state index contributed by atoms with van der Waals surface area (Å²) >= 11 is 6.08. The molecule has 3 aromatic rings. The number of hydrogen-bond acceptors (Lipinski definition) is 5. The Balaban J connectivity index is 1.59. The van der Waals surface area contributed by atoms with E-state index in [1.807, 2.05) is 24.3 Å². The molecule has 0 spiro atoms. The molecule has 1 aliphatic rings. The van der Waals surface area contributed by atoms with E-state index in [0.717, 1.165) is 16.9 Å². The van der Waals surface area contributed by atoms with Crippen LogP contribution in [0.2, 0.25) is 5.02 Å². The molecule has 0 fully saturated rings. The molecule has 0 bridgehead atoms. The lowest BCUT2D eigenvalue weighted by Crippen LogP contribution is -2.30. The van der Waals surface area contributed by atoms with Crippen LogP contribution in [0, 0.1) is 5.92 Å². The first kappa shape index (κ1) is 20.1. The minimum Gasteiger partial charge on any atom is -0.493 e. The van der Waals surface area contributed by atoms with E-state index >= 15 is 0 Å². The number of rotatable bonds is 5. The smallest absolute Gasteiger partial charge is 0.253 e. The largest absolute Gasteiger partial charge is 0.493 e. The molecule has 154 valence electrons. The van der Waals surface area contributed by atoms with E-state index in [0.29, 0.717) is 34.9 Å². The SMILES string of the molecule is CN(C)C(=O)c1cc(-c2cn[nH]n2)ccc1CC(=O)C1COc2ccc(Cl)cc2C1. The maximum Gasteiger partial charge on any atom is 0.253 e. The van der Waals surface area contributed by atoms with Gasteiger partial charge in [0, 0.05) is 36.7 Å². The van der Waals surface area contributed by atoms with Gasteiger partial charge in [-0.05, 0) is 41.8 Å². The highest BCUT2D eigenvalue weighted by atomic mass is 35.5. The van der Waals surface area contributed by atoms with Gasteiger partial charge in [-0.2, -0.15) is 15.4 Å². The number of hydrogen-bond donors (Lipinski definition) is 1. The third-order valence-corrected chi connectivity index (χ3v) is 5.44. The first-order valence-corrected chi connectivity index (χ1v) is 9.95. The fourth-order valence-corrected chi connectivity index (χ4v) is 3.77. The van der Waals surface area contributed by atoms with Gasteiger partial charge in [-0.3, -0.25) is 9.59 Å². The molecule has 4 rings (SSSR count). The number of aromatic nitrogens is 3. The first-order valence-electron chi connectivity index (χ1n) is 9.57. The number of ketones is 1. The topological polar surface area (TPSA) is 88.2 Å². The predicted molar refractivity (Wildman–Crippen MR) is 113 cm³/mol. The maximum atomic E-state index is 13.1. The Hall–Kier alpha value is -3.19. The van der Waals surface area contributed by atoms with Crippen molar-refractivity contribution in [3.8, 4) is 17.0 Å². The van der Waals surface area contributed by atoms with Gasteiger partial charge in [0.1, 0.15) is 17.2 Å². The van der Waals surface area contributed by atoms with E-state index < -0.39 is 0 Å². The van der Waals surface area contributed by atoms with E-state index in [-0.39, 0.29) is 24.0 Å². The van der Waals surface area contributed by atoms with E-state index in [9.17, 15) is 9.59 Å². The number of halogens is 1. The lowest BCUT2D eigenvalue weighted by atomic mass is 9.88. The van der Waals surface area contributed by atoms with Gasteiger partial charge in [0.05, 0.1) is 18.7 Å². The Morgan fingerprint density at radius 3 is 2.80 bits per heavy atom. The van der Waals surface area contributed by atoms with Crippen molar-refractivity contribution in [1.82, 2.24) is 20.3 Å². The molecule has 0 radical (unpaired) electrons. The van der Waals surface area contributed by atoms with Crippen LogP contribution in [0.1, 0.15) is 21.5 Å². The number of aromatic amines is 1. The molecule has 1 aliphatic heterocycles. The van der Waals surface area contributed by atoms with Gasteiger partial charge < -0.3 is 9.64 Å². The molecule has 2 aromatic carbocycles. The Morgan fingerprint density at radius 2 is 2.07 bits per heavy atom. The van der Waals surface area contributed by atoms with Crippen LogP contribution in [0.15, 0.2) is 42.6 Å². The maximum absolute atomic E-state index is 13.1. The second-order valence-electron chi connectivity index (χ2n) is 7.53. The summed E-state index contributed by atoms with van der Waals surface area (Å²) in [4.78, 5) is 27.3. The number of amides is 1. The van der Waals surface area contributed by atoms with Crippen LogP contribution in [-0.2, 0) is 17.6 Å². The molecule has 1 aromatic heterocycles. The summed E-state index contributed by atoms with van der Waals surface area (Å²) in [5.74, 6) is 0.347. The molecule has 2 heterocycles. The van der Waals surface area contributed by atoms with E-state index in [2.05, 4.69) is 15.4 Å². The molecule has 0 aliphatic carbocycles. The van der Waals surface area contributed by atoms with Crippen LogP contribution >= 0.6 is 11.6 Å². The van der Waals surface area contributed by atoms with Crippen molar-refractivity contribution in [3.05, 3.63) is 64.3 Å². The monoisotopic (exact) mass is 424 g/mol. The van der Waals surface area contributed by atoms with Crippen LogP contribution in [0.3, 0.4) is 0 Å². The number of H-pyrrole nitrogens is 1. The summed E-state index contributed by atoms with van der Waals surface area (Å²) in [5, 5.41) is 11.1. The fraction of sp³-hybridized carbons (Fsp3) is 0.273. The minimum atomic E-state index is -0.284.